The van der Waals surface area contributed by atoms with Gasteiger partial charge in [-0.1, -0.05) is 65.0 Å². The summed E-state index contributed by atoms with van der Waals surface area (Å²) in [5, 5.41) is 22.0. The fourth-order valence-electron chi connectivity index (χ4n) is 4.51. The van der Waals surface area contributed by atoms with Crippen LogP contribution in [0.1, 0.15) is 52.7 Å². The highest BCUT2D eigenvalue weighted by Gasteiger charge is 2.61. The second-order valence-electron chi connectivity index (χ2n) is 10.5. The highest BCUT2D eigenvalue weighted by Crippen LogP contribution is 2.62. The van der Waals surface area contributed by atoms with Crippen molar-refractivity contribution in [1.29, 1.82) is 0 Å². The van der Waals surface area contributed by atoms with Gasteiger partial charge in [0, 0.05) is 0 Å². The minimum atomic E-state index is -2.00. The van der Waals surface area contributed by atoms with Crippen molar-refractivity contribution in [1.82, 2.24) is 0 Å². The summed E-state index contributed by atoms with van der Waals surface area (Å²) in [7, 11) is -2.00. The molecule has 2 N–H and O–H groups in total. The largest absolute Gasteiger partial charge is 0.411 e. The monoisotopic (exact) mass is 388 g/mol. The predicted molar refractivity (Wildman–Crippen MR) is 113 cm³/mol. The van der Waals surface area contributed by atoms with E-state index in [0.717, 1.165) is 17.6 Å². The molecule has 1 aromatic carbocycles. The molecule has 3 aliphatic rings. The van der Waals surface area contributed by atoms with E-state index in [2.05, 4.69) is 47.7 Å². The van der Waals surface area contributed by atoms with Crippen LogP contribution in [0.25, 0.3) is 0 Å². The molecule has 5 atom stereocenters. The zero-order valence-corrected chi connectivity index (χ0v) is 18.9. The zero-order chi connectivity index (χ0) is 20.2. The first-order chi connectivity index (χ1) is 12.4. The van der Waals surface area contributed by atoms with Gasteiger partial charge in [0.2, 0.25) is 0 Å². The van der Waals surface area contributed by atoms with Crippen molar-refractivity contribution in [3.63, 3.8) is 0 Å². The molecule has 0 aromatic heterocycles. The Balaban J connectivity index is 1.91. The van der Waals surface area contributed by atoms with Crippen molar-refractivity contribution in [3.05, 3.63) is 47.5 Å². The average Bonchev–Trinajstić information content (AvgIpc) is 2.57. The topological polar surface area (TPSA) is 49.7 Å². The summed E-state index contributed by atoms with van der Waals surface area (Å²) in [5.74, 6) is 0.688. The molecule has 0 amide bonds. The van der Waals surface area contributed by atoms with Crippen LogP contribution in [-0.2, 0) is 4.43 Å². The Hall–Kier alpha value is -0.943. The Morgan fingerprint density at radius 3 is 2.30 bits per heavy atom. The molecule has 150 valence electrons. The standard InChI is InChI=1S/C23H36O3Si/c1-22(2,3)27(6,7)26-21-18-14-17(23(18,4)5)16(20(21)25)13-19(24)15-11-9-8-10-12-15/h8-13,17-21,24-25H,14H2,1-7H3/b16-13-/t17-,18+,19-,20+,21+/m0/s1. The van der Waals surface area contributed by atoms with Crippen LogP contribution in [0.4, 0.5) is 0 Å². The molecule has 0 spiro atoms. The van der Waals surface area contributed by atoms with E-state index in [1.807, 2.05) is 36.4 Å². The van der Waals surface area contributed by atoms with Gasteiger partial charge in [0.1, 0.15) is 6.10 Å². The first kappa shape index (κ1) is 20.8. The summed E-state index contributed by atoms with van der Waals surface area (Å²) < 4.78 is 6.73. The van der Waals surface area contributed by atoms with Gasteiger partial charge in [-0.15, -0.1) is 0 Å². The maximum absolute atomic E-state index is 11.2. The van der Waals surface area contributed by atoms with Crippen molar-refractivity contribution in [2.24, 2.45) is 17.3 Å². The van der Waals surface area contributed by atoms with E-state index < -0.39 is 20.5 Å². The van der Waals surface area contributed by atoms with E-state index in [9.17, 15) is 10.2 Å². The van der Waals surface area contributed by atoms with Gasteiger partial charge in [-0.3, -0.25) is 0 Å². The van der Waals surface area contributed by atoms with Gasteiger partial charge in [0.25, 0.3) is 0 Å². The van der Waals surface area contributed by atoms with Crippen molar-refractivity contribution in [2.45, 2.75) is 77.5 Å². The van der Waals surface area contributed by atoms with Crippen molar-refractivity contribution >= 4 is 8.32 Å². The van der Waals surface area contributed by atoms with Gasteiger partial charge in [-0.25, -0.2) is 0 Å². The first-order valence-electron chi connectivity index (χ1n) is 10.2. The zero-order valence-electron chi connectivity index (χ0n) is 17.9. The minimum Gasteiger partial charge on any atom is -0.411 e. The van der Waals surface area contributed by atoms with Crippen LogP contribution < -0.4 is 0 Å². The van der Waals surface area contributed by atoms with Gasteiger partial charge >= 0.3 is 0 Å². The summed E-state index contributed by atoms with van der Waals surface area (Å²) >= 11 is 0. The van der Waals surface area contributed by atoms with Gasteiger partial charge in [-0.05, 0) is 59.0 Å². The maximum atomic E-state index is 11.2. The lowest BCUT2D eigenvalue weighted by Crippen LogP contribution is -2.64. The van der Waals surface area contributed by atoms with Crippen LogP contribution in [0.5, 0.6) is 0 Å². The molecule has 0 saturated heterocycles. The number of aliphatic hydroxyl groups excluding tert-OH is 2. The normalized spacial score (nSPS) is 32.9. The van der Waals surface area contributed by atoms with Crippen molar-refractivity contribution in [2.75, 3.05) is 0 Å². The molecule has 3 saturated carbocycles. The van der Waals surface area contributed by atoms with Crippen molar-refractivity contribution in [3.8, 4) is 0 Å². The third kappa shape index (κ3) is 3.57. The molecule has 0 heterocycles. The SMILES string of the molecule is CC1(C)[C@@H]2C[C@H]1/C(=C/[C@H](O)c1ccccc1)[C@@H](O)[C@@H]2O[Si](C)(C)C(C)(C)C. The molecule has 4 rings (SSSR count). The molecule has 3 nitrogen and oxygen atoms in total. The Kier molecular flexibility index (Phi) is 5.26. The Morgan fingerprint density at radius 1 is 1.19 bits per heavy atom. The molecule has 3 aliphatic carbocycles. The number of rotatable bonds is 4. The molecule has 4 heteroatoms. The summed E-state index contributed by atoms with van der Waals surface area (Å²) in [6, 6.07) is 9.66. The third-order valence-electron chi connectivity index (χ3n) is 7.52. The lowest BCUT2D eigenvalue weighted by molar-refractivity contribution is -0.151. The second-order valence-corrected chi connectivity index (χ2v) is 15.3. The van der Waals surface area contributed by atoms with E-state index in [-0.39, 0.29) is 16.6 Å². The molecular weight excluding hydrogens is 352 g/mol. The highest BCUT2D eigenvalue weighted by molar-refractivity contribution is 6.74. The molecule has 0 radical (unpaired) electrons. The average molecular weight is 389 g/mol. The summed E-state index contributed by atoms with van der Waals surface area (Å²) in [6.45, 7) is 15.8. The van der Waals surface area contributed by atoms with Crippen LogP contribution in [-0.4, -0.2) is 30.7 Å². The minimum absolute atomic E-state index is 0.0918. The van der Waals surface area contributed by atoms with E-state index >= 15 is 0 Å². The molecular formula is C23H36O3Si. The molecule has 27 heavy (non-hydrogen) atoms. The predicted octanol–water partition coefficient (Wildman–Crippen LogP) is 5.07. The van der Waals surface area contributed by atoms with Crippen LogP contribution in [0.2, 0.25) is 18.1 Å². The van der Waals surface area contributed by atoms with Gasteiger partial charge < -0.3 is 14.6 Å². The number of fused-ring (bicyclic) bond motifs is 2. The molecule has 0 aliphatic heterocycles. The Bertz CT molecular complexity index is 702. The summed E-state index contributed by atoms with van der Waals surface area (Å²) in [6.07, 6.45) is 1.41. The van der Waals surface area contributed by atoms with E-state index in [0.29, 0.717) is 11.8 Å². The smallest absolute Gasteiger partial charge is 0.192 e. The van der Waals surface area contributed by atoms with Gasteiger partial charge in [-0.2, -0.15) is 0 Å². The van der Waals surface area contributed by atoms with E-state index in [4.69, 9.17) is 4.43 Å². The van der Waals surface area contributed by atoms with Gasteiger partial charge in [0.15, 0.2) is 8.32 Å². The maximum Gasteiger partial charge on any atom is 0.192 e. The number of benzene rings is 1. The van der Waals surface area contributed by atoms with E-state index in [1.165, 1.54) is 0 Å². The quantitative estimate of drug-likeness (QED) is 0.559. The molecule has 0 unspecified atom stereocenters. The fourth-order valence-corrected chi connectivity index (χ4v) is 5.83. The fraction of sp³-hybridized carbons (Fsp3) is 0.652. The summed E-state index contributed by atoms with van der Waals surface area (Å²) in [4.78, 5) is 0. The van der Waals surface area contributed by atoms with Crippen LogP contribution in [0, 0.1) is 17.3 Å². The third-order valence-corrected chi connectivity index (χ3v) is 12.0. The highest BCUT2D eigenvalue weighted by atomic mass is 28.4. The van der Waals surface area contributed by atoms with Crippen LogP contribution >= 0.6 is 0 Å². The van der Waals surface area contributed by atoms with Gasteiger partial charge in [0.05, 0.1) is 12.2 Å². The lowest BCUT2D eigenvalue weighted by Gasteiger charge is -2.63. The lowest BCUT2D eigenvalue weighted by atomic mass is 9.45. The van der Waals surface area contributed by atoms with Crippen molar-refractivity contribution < 1.29 is 14.6 Å². The Morgan fingerprint density at radius 2 is 1.78 bits per heavy atom. The van der Waals surface area contributed by atoms with E-state index in [1.54, 1.807) is 0 Å². The second kappa shape index (κ2) is 6.84. The molecule has 1 aromatic rings. The van der Waals surface area contributed by atoms with Crippen LogP contribution in [0.3, 0.4) is 0 Å². The number of aliphatic hydroxyl groups is 2. The number of hydrogen-bond donors (Lipinski definition) is 2. The molecule has 2 bridgehead atoms. The number of hydrogen-bond acceptors (Lipinski definition) is 3. The first-order valence-corrected chi connectivity index (χ1v) is 13.1. The Labute approximate surface area is 165 Å². The van der Waals surface area contributed by atoms with Crippen LogP contribution in [0.15, 0.2) is 42.0 Å². The molecule has 3 fully saturated rings. The summed E-state index contributed by atoms with van der Waals surface area (Å²) in [5.41, 5.74) is 1.91.